The lowest BCUT2D eigenvalue weighted by atomic mass is 9.99. The van der Waals surface area contributed by atoms with E-state index in [1.54, 1.807) is 31.5 Å². The highest BCUT2D eigenvalue weighted by atomic mass is 16.3. The number of nitrogens with zero attached hydrogens (tertiary/aromatic N) is 2. The number of phenolic OH excluding ortho intramolecular Hbond substituents is 1. The Morgan fingerprint density at radius 3 is 1.76 bits per heavy atom. The molecule has 0 unspecified atom stereocenters. The van der Waals surface area contributed by atoms with Crippen molar-refractivity contribution in [2.45, 2.75) is 114 Å². The van der Waals surface area contributed by atoms with Crippen LogP contribution in [0.2, 0.25) is 0 Å². The third-order valence-electron chi connectivity index (χ3n) is 15.1. The first kappa shape index (κ1) is 62.3. The molecule has 0 bridgehead atoms. The van der Waals surface area contributed by atoms with Crippen LogP contribution in [0.25, 0.3) is 32.7 Å². The number of rotatable bonds is 28. The number of hydrogen-bond donors (Lipinski definition) is 14. The summed E-state index contributed by atoms with van der Waals surface area (Å²) in [6, 6.07) is 20.4. The zero-order chi connectivity index (χ0) is 61.4. The van der Waals surface area contributed by atoms with Crippen molar-refractivity contribution in [3.05, 3.63) is 138 Å². The van der Waals surface area contributed by atoms with Crippen molar-refractivity contribution in [2.24, 2.45) is 22.4 Å². The number of aromatic nitrogens is 3. The second-order valence-corrected chi connectivity index (χ2v) is 21.9. The van der Waals surface area contributed by atoms with E-state index < -0.39 is 90.3 Å². The lowest BCUT2D eigenvalue weighted by Gasteiger charge is -2.30. The van der Waals surface area contributed by atoms with E-state index in [-0.39, 0.29) is 80.8 Å². The van der Waals surface area contributed by atoms with Gasteiger partial charge in [0.1, 0.15) is 53.7 Å². The van der Waals surface area contributed by atoms with E-state index >= 15 is 0 Å². The molecule has 16 N–H and O–H groups in total. The Labute approximate surface area is 496 Å². The molecule has 86 heavy (non-hydrogen) atoms. The normalized spacial score (nSPS) is 15.2. The minimum absolute atomic E-state index is 0.0370. The fraction of sp³-hybridized carbons (Fsp3) is 0.371. The fourth-order valence-corrected chi connectivity index (χ4v) is 10.8. The van der Waals surface area contributed by atoms with Crippen molar-refractivity contribution < 1.29 is 48.6 Å². The van der Waals surface area contributed by atoms with Crippen LogP contribution in [-0.2, 0) is 52.8 Å². The number of guanidine groups is 1. The molecule has 1 aliphatic rings. The third kappa shape index (κ3) is 16.1. The van der Waals surface area contributed by atoms with Gasteiger partial charge >= 0.3 is 0 Å². The molecular weight excluding hydrogens is 1100 g/mol. The Bertz CT molecular complexity index is 3540. The van der Waals surface area contributed by atoms with Crippen LogP contribution in [0.1, 0.15) is 80.1 Å². The number of phenols is 1. The van der Waals surface area contributed by atoms with Gasteiger partial charge in [-0.15, -0.1) is 0 Å². The maximum atomic E-state index is 15.0. The lowest BCUT2D eigenvalue weighted by Crippen LogP contribution is -2.61. The first-order valence-electron chi connectivity index (χ1n) is 28.9. The zero-order valence-corrected chi connectivity index (χ0v) is 48.3. The molecule has 1 saturated heterocycles. The average Bonchev–Trinajstić information content (AvgIpc) is 4.23. The molecule has 1 aliphatic heterocycles. The molecule has 1 fully saturated rings. The number of aliphatic hydroxyl groups excluding tert-OH is 1. The predicted molar refractivity (Wildman–Crippen MR) is 325 cm³/mol. The summed E-state index contributed by atoms with van der Waals surface area (Å²) in [6.45, 7) is 5.32. The number of carbonyl (C=O) groups excluding carboxylic acids is 8. The van der Waals surface area contributed by atoms with Crippen LogP contribution in [-0.4, -0.2) is 152 Å². The highest BCUT2D eigenvalue weighted by Gasteiger charge is 2.39. The standard InChI is InChI=1S/C62H76N14O10/c1-4-65-60(85)53-20-12-26-76(53)61(86)46(19-11-25-66-62(63)64)70-54(79)47(27-35(2)3)71-57(82)50(30-38-32-67-44-17-9-6-14-41(38)44)73-55(80)48(28-36-21-23-40(78)24-22-36)72-59(84)52(34-77)75-58(83)51(31-39-33-68-45-18-10-7-15-42(39)45)74-56(81)49-29-37-13-5-8-16-43(37)69-49/h5-10,13-18,21-24,29,32-33,35,46-48,50-53,67-69,77-78H,4,11-12,19-20,25-28,30-31,34H2,1-3H3,(H,65,85)(H,70,79)(H,71,82)(H,72,84)(H,73,80)(H,74,81)(H,75,83)(H4,63,64,66)/t46-,47-,48-,50+,51+,52-,53+/m0/s1. The van der Waals surface area contributed by atoms with E-state index in [1.807, 2.05) is 80.6 Å². The van der Waals surface area contributed by atoms with Crippen molar-refractivity contribution >= 4 is 85.9 Å². The number of likely N-dealkylation sites (N-methyl/N-ethyl adjacent to an activating group) is 1. The van der Waals surface area contributed by atoms with E-state index in [2.05, 4.69) is 57.2 Å². The Morgan fingerprint density at radius 2 is 1.17 bits per heavy atom. The molecule has 0 spiro atoms. The second-order valence-electron chi connectivity index (χ2n) is 21.9. The van der Waals surface area contributed by atoms with Gasteiger partial charge in [-0.3, -0.25) is 43.3 Å². The van der Waals surface area contributed by atoms with Crippen molar-refractivity contribution in [3.8, 4) is 5.75 Å². The van der Waals surface area contributed by atoms with Gasteiger partial charge in [0.25, 0.3) is 5.91 Å². The van der Waals surface area contributed by atoms with Gasteiger partial charge in [0.15, 0.2) is 5.96 Å². The molecule has 24 heteroatoms. The first-order chi connectivity index (χ1) is 41.4. The molecule has 7 aromatic rings. The molecule has 4 heterocycles. The number of amides is 8. The summed E-state index contributed by atoms with van der Waals surface area (Å²) >= 11 is 0. The molecule has 0 radical (unpaired) electrons. The number of hydrogen-bond acceptors (Lipinski definition) is 11. The van der Waals surface area contributed by atoms with Crippen LogP contribution in [0, 0.1) is 5.92 Å². The van der Waals surface area contributed by atoms with Crippen molar-refractivity contribution in [2.75, 3.05) is 26.2 Å². The van der Waals surface area contributed by atoms with Crippen LogP contribution in [0.3, 0.4) is 0 Å². The summed E-state index contributed by atoms with van der Waals surface area (Å²) in [6.07, 6.45) is 4.48. The third-order valence-corrected chi connectivity index (χ3v) is 15.1. The number of aromatic hydroxyl groups is 1. The number of aliphatic hydroxyl groups is 1. The molecule has 4 aromatic carbocycles. The van der Waals surface area contributed by atoms with E-state index in [0.717, 1.165) is 27.2 Å². The van der Waals surface area contributed by atoms with Gasteiger partial charge in [-0.2, -0.15) is 0 Å². The highest BCUT2D eigenvalue weighted by molar-refractivity contribution is 6.02. The van der Waals surface area contributed by atoms with Crippen LogP contribution in [0.4, 0.5) is 0 Å². The number of aromatic amines is 3. The molecule has 0 saturated carbocycles. The number of H-pyrrole nitrogens is 3. The number of likely N-dealkylation sites (tertiary alicyclic amines) is 1. The number of carbonyl (C=O) groups is 8. The quantitative estimate of drug-likeness (QED) is 0.0191. The summed E-state index contributed by atoms with van der Waals surface area (Å²) in [5.41, 5.74) is 15.3. The zero-order valence-electron chi connectivity index (χ0n) is 48.3. The molecule has 8 amide bonds. The number of benzene rings is 4. The smallest absolute Gasteiger partial charge is 0.268 e. The number of nitrogens with two attached hydrogens (primary N) is 2. The number of nitrogens with one attached hydrogen (secondary N) is 10. The Balaban J connectivity index is 1.05. The Hall–Kier alpha value is -9.71. The van der Waals surface area contributed by atoms with Gasteiger partial charge in [0.2, 0.25) is 41.4 Å². The second kappa shape index (κ2) is 29.2. The van der Waals surface area contributed by atoms with Crippen LogP contribution < -0.4 is 48.7 Å². The SMILES string of the molecule is CCNC(=O)[C@H]1CCCN1C(=O)[C@H](CCCN=C(N)N)NC(=O)[C@H](CC(C)C)NC(=O)[C@@H](Cc1c[nH]c2ccccc12)NC(=O)[C@H](Cc1ccc(O)cc1)NC(=O)[C@H](CO)NC(=O)[C@@H](Cc1c[nH]c2ccccc12)NC(=O)c1cc2ccccc2[nH]1. The van der Waals surface area contributed by atoms with Crippen LogP contribution in [0.15, 0.2) is 121 Å². The Morgan fingerprint density at radius 1 is 0.651 bits per heavy atom. The summed E-state index contributed by atoms with van der Waals surface area (Å²) in [7, 11) is 0. The number of aliphatic imine (C=N–C) groups is 1. The van der Waals surface area contributed by atoms with Crippen molar-refractivity contribution in [1.29, 1.82) is 0 Å². The molecule has 3 aromatic heterocycles. The van der Waals surface area contributed by atoms with E-state index in [4.69, 9.17) is 11.5 Å². The molecule has 24 nitrogen and oxygen atoms in total. The van der Waals surface area contributed by atoms with Crippen molar-refractivity contribution in [3.63, 3.8) is 0 Å². The van der Waals surface area contributed by atoms with Crippen LogP contribution in [0.5, 0.6) is 5.75 Å². The summed E-state index contributed by atoms with van der Waals surface area (Å²) in [5.74, 6) is -6.00. The van der Waals surface area contributed by atoms with Crippen LogP contribution >= 0.6 is 0 Å². The maximum absolute atomic E-state index is 15.0. The fourth-order valence-electron chi connectivity index (χ4n) is 10.8. The van der Waals surface area contributed by atoms with E-state index in [0.29, 0.717) is 41.6 Å². The van der Waals surface area contributed by atoms with Gasteiger partial charge in [-0.1, -0.05) is 80.6 Å². The predicted octanol–water partition coefficient (Wildman–Crippen LogP) is 2.31. The van der Waals surface area contributed by atoms with E-state index in [9.17, 15) is 48.6 Å². The van der Waals surface area contributed by atoms with Gasteiger partial charge in [-0.05, 0) is 98.0 Å². The molecule has 7 atom stereocenters. The number of fused-ring (bicyclic) bond motifs is 3. The monoisotopic (exact) mass is 1180 g/mol. The molecule has 0 aliphatic carbocycles. The Kier molecular flexibility index (Phi) is 21.2. The highest BCUT2D eigenvalue weighted by Crippen LogP contribution is 2.24. The first-order valence-corrected chi connectivity index (χ1v) is 28.9. The summed E-state index contributed by atoms with van der Waals surface area (Å²) < 4.78 is 0. The maximum Gasteiger partial charge on any atom is 0.268 e. The molecule has 454 valence electrons. The summed E-state index contributed by atoms with van der Waals surface area (Å²) in [4.78, 5) is 130. The van der Waals surface area contributed by atoms with Gasteiger partial charge in [-0.25, -0.2) is 0 Å². The van der Waals surface area contributed by atoms with Gasteiger partial charge in [0.05, 0.1) is 6.61 Å². The summed E-state index contributed by atoms with van der Waals surface area (Å²) in [5, 5.41) is 42.7. The average molecular weight is 1180 g/mol. The van der Waals surface area contributed by atoms with Gasteiger partial charge in [0, 0.05) is 84.0 Å². The van der Waals surface area contributed by atoms with E-state index in [1.165, 1.54) is 29.2 Å². The lowest BCUT2D eigenvalue weighted by molar-refractivity contribution is -0.142. The minimum Gasteiger partial charge on any atom is -0.508 e. The molecular formula is C62H76N14O10. The van der Waals surface area contributed by atoms with Gasteiger partial charge < -0.3 is 78.7 Å². The number of para-hydroxylation sites is 3. The minimum atomic E-state index is -1.68. The largest absolute Gasteiger partial charge is 0.508 e. The van der Waals surface area contributed by atoms with Crippen molar-refractivity contribution in [1.82, 2.24) is 57.1 Å². The topological polar surface area (TPSA) is 376 Å². The molecule has 8 rings (SSSR count).